The Hall–Kier alpha value is -3.23. The maximum Gasteiger partial charge on any atom is 0.238 e. The number of nitrogens with zero attached hydrogens (tertiary/aromatic N) is 4. The van der Waals surface area contributed by atoms with Crippen LogP contribution in [0.5, 0.6) is 0 Å². The molecule has 8 nitrogen and oxygen atoms in total. The zero-order valence-corrected chi connectivity index (χ0v) is 22.8. The number of anilines is 1. The van der Waals surface area contributed by atoms with Crippen molar-refractivity contribution in [1.29, 1.82) is 5.41 Å². The molecule has 37 heavy (non-hydrogen) atoms. The van der Waals surface area contributed by atoms with Gasteiger partial charge in [-0.1, -0.05) is 24.3 Å². The van der Waals surface area contributed by atoms with Crippen LogP contribution in [0.2, 0.25) is 0 Å². The molecule has 3 aromatic rings. The largest absolute Gasteiger partial charge is 0.384 e. The van der Waals surface area contributed by atoms with Gasteiger partial charge in [0, 0.05) is 49.4 Å². The van der Waals surface area contributed by atoms with E-state index in [9.17, 15) is 4.79 Å². The molecule has 1 saturated heterocycles. The van der Waals surface area contributed by atoms with Gasteiger partial charge in [-0.3, -0.25) is 20.0 Å². The Morgan fingerprint density at radius 2 is 1.81 bits per heavy atom. The van der Waals surface area contributed by atoms with Gasteiger partial charge < -0.3 is 15.6 Å². The summed E-state index contributed by atoms with van der Waals surface area (Å²) in [5.41, 5.74) is 10.3. The molecule has 2 aromatic carbocycles. The van der Waals surface area contributed by atoms with Crippen molar-refractivity contribution in [2.75, 3.05) is 32.0 Å². The summed E-state index contributed by atoms with van der Waals surface area (Å²) in [6.07, 6.45) is 3.82. The van der Waals surface area contributed by atoms with E-state index in [2.05, 4.69) is 47.5 Å². The fourth-order valence-corrected chi connectivity index (χ4v) is 5.07. The lowest BCUT2D eigenvalue weighted by atomic mass is 9.97. The van der Waals surface area contributed by atoms with Crippen molar-refractivity contribution in [3.8, 4) is 0 Å². The van der Waals surface area contributed by atoms with Crippen molar-refractivity contribution in [3.63, 3.8) is 0 Å². The molecule has 0 atom stereocenters. The number of aryl methyl sites for hydroxylation is 3. The molecule has 0 radical (unpaired) electrons. The number of carbonyl (C=O) groups excluding carboxylic acids is 1. The number of benzene rings is 2. The topological polar surface area (TPSA) is 103 Å². The maximum atomic E-state index is 12.8. The number of amides is 1. The van der Waals surface area contributed by atoms with Gasteiger partial charge in [0.25, 0.3) is 0 Å². The number of carbonyl (C=O) groups is 1. The number of nitrogens with two attached hydrogens (primary N) is 1. The number of hydrogen-bond donors (Lipinski definition) is 3. The molecule has 1 fully saturated rings. The zero-order chi connectivity index (χ0) is 26.7. The summed E-state index contributed by atoms with van der Waals surface area (Å²) in [6, 6.07) is 14.3. The normalized spacial score (nSPS) is 15.4. The summed E-state index contributed by atoms with van der Waals surface area (Å²) in [5, 5.41) is 10.6. The molecule has 8 heteroatoms. The first-order chi connectivity index (χ1) is 17.5. The van der Waals surface area contributed by atoms with Crippen LogP contribution in [-0.4, -0.2) is 69.4 Å². The Morgan fingerprint density at radius 1 is 1.14 bits per heavy atom. The second-order valence-electron chi connectivity index (χ2n) is 11.2. The third-order valence-electron chi connectivity index (χ3n) is 7.69. The Labute approximate surface area is 220 Å². The van der Waals surface area contributed by atoms with Crippen LogP contribution in [-0.2, 0) is 24.7 Å². The molecule has 2 heterocycles. The highest BCUT2D eigenvalue weighted by Gasteiger charge is 2.29. The van der Waals surface area contributed by atoms with E-state index in [4.69, 9.17) is 16.1 Å². The Morgan fingerprint density at radius 3 is 2.43 bits per heavy atom. The van der Waals surface area contributed by atoms with E-state index in [0.717, 1.165) is 66.9 Å². The lowest BCUT2D eigenvalue weighted by Gasteiger charge is -2.42. The van der Waals surface area contributed by atoms with Crippen LogP contribution in [0.25, 0.3) is 11.0 Å². The van der Waals surface area contributed by atoms with Gasteiger partial charge in [-0.05, 0) is 70.8 Å². The van der Waals surface area contributed by atoms with Crippen molar-refractivity contribution in [2.24, 2.45) is 12.8 Å². The highest BCUT2D eigenvalue weighted by atomic mass is 16.2. The van der Waals surface area contributed by atoms with Crippen molar-refractivity contribution in [3.05, 3.63) is 59.4 Å². The quantitative estimate of drug-likeness (QED) is 0.321. The van der Waals surface area contributed by atoms with Crippen LogP contribution in [0, 0.1) is 5.41 Å². The van der Waals surface area contributed by atoms with Crippen LogP contribution < -0.4 is 11.1 Å². The predicted octanol–water partition coefficient (Wildman–Crippen LogP) is 3.78. The third-order valence-corrected chi connectivity index (χ3v) is 7.69. The van der Waals surface area contributed by atoms with Crippen molar-refractivity contribution < 1.29 is 4.79 Å². The van der Waals surface area contributed by atoms with Gasteiger partial charge in [-0.2, -0.15) is 0 Å². The minimum absolute atomic E-state index is 0.0205. The number of amidine groups is 1. The second-order valence-corrected chi connectivity index (χ2v) is 11.2. The summed E-state index contributed by atoms with van der Waals surface area (Å²) >= 11 is 0. The molecule has 0 spiro atoms. The summed E-state index contributed by atoms with van der Waals surface area (Å²) in [6.45, 7) is 9.06. The van der Waals surface area contributed by atoms with E-state index in [1.165, 1.54) is 5.56 Å². The SMILES string of the molecule is CN(C1CCN(CC(=O)Nc2ccc3c(c2)nc(CCc2ccc(C(=N)N)cc2)n3C)CC1)C(C)(C)C. The number of piperidine rings is 1. The average molecular weight is 504 g/mol. The molecule has 4 rings (SSSR count). The number of imidazole rings is 1. The third kappa shape index (κ3) is 6.56. The Kier molecular flexibility index (Phi) is 7.99. The number of fused-ring (bicyclic) bond motifs is 1. The van der Waals surface area contributed by atoms with Crippen LogP contribution in [0.4, 0.5) is 5.69 Å². The molecule has 4 N–H and O–H groups in total. The fraction of sp³-hybridized carbons (Fsp3) is 0.483. The Bertz CT molecular complexity index is 1250. The minimum atomic E-state index is 0.0205. The summed E-state index contributed by atoms with van der Waals surface area (Å²) < 4.78 is 2.11. The van der Waals surface area contributed by atoms with Crippen LogP contribution in [0.15, 0.2) is 42.5 Å². The fourth-order valence-electron chi connectivity index (χ4n) is 5.07. The van der Waals surface area contributed by atoms with E-state index in [1.54, 1.807) is 0 Å². The first-order valence-electron chi connectivity index (χ1n) is 13.1. The summed E-state index contributed by atoms with van der Waals surface area (Å²) in [7, 11) is 4.24. The van der Waals surface area contributed by atoms with E-state index in [-0.39, 0.29) is 17.3 Å². The molecule has 0 saturated carbocycles. The first-order valence-corrected chi connectivity index (χ1v) is 13.1. The van der Waals surface area contributed by atoms with Crippen LogP contribution >= 0.6 is 0 Å². The number of rotatable bonds is 8. The van der Waals surface area contributed by atoms with Crippen molar-refractivity contribution in [2.45, 2.75) is 58.0 Å². The molecule has 0 bridgehead atoms. The number of hydrogen-bond acceptors (Lipinski definition) is 5. The average Bonchev–Trinajstić information content (AvgIpc) is 3.17. The van der Waals surface area contributed by atoms with Crippen molar-refractivity contribution in [1.82, 2.24) is 19.4 Å². The lowest BCUT2D eigenvalue weighted by molar-refractivity contribution is -0.117. The highest BCUT2D eigenvalue weighted by molar-refractivity contribution is 5.95. The van der Waals surface area contributed by atoms with Gasteiger partial charge in [0.1, 0.15) is 11.7 Å². The maximum absolute atomic E-state index is 12.8. The van der Waals surface area contributed by atoms with Crippen molar-refractivity contribution >= 4 is 28.5 Å². The molecule has 0 unspecified atom stereocenters. The van der Waals surface area contributed by atoms with Gasteiger partial charge in [0.15, 0.2) is 0 Å². The number of likely N-dealkylation sites (tertiary alicyclic amines) is 1. The molecule has 0 aliphatic carbocycles. The molecule has 1 aliphatic rings. The molecular formula is C29H41N7O. The molecule has 1 aromatic heterocycles. The summed E-state index contributed by atoms with van der Waals surface area (Å²) in [4.78, 5) is 22.3. The van der Waals surface area contributed by atoms with E-state index in [1.807, 2.05) is 49.5 Å². The summed E-state index contributed by atoms with van der Waals surface area (Å²) in [5.74, 6) is 1.10. The second kappa shape index (κ2) is 11.0. The zero-order valence-electron chi connectivity index (χ0n) is 22.8. The van der Waals surface area contributed by atoms with Crippen LogP contribution in [0.3, 0.4) is 0 Å². The molecular weight excluding hydrogens is 462 g/mol. The van der Waals surface area contributed by atoms with Gasteiger partial charge in [-0.25, -0.2) is 4.98 Å². The molecule has 1 aliphatic heterocycles. The number of aromatic nitrogens is 2. The number of nitrogens with one attached hydrogen (secondary N) is 2. The highest BCUT2D eigenvalue weighted by Crippen LogP contribution is 2.23. The number of nitrogen functional groups attached to an aromatic ring is 1. The predicted molar refractivity (Wildman–Crippen MR) is 151 cm³/mol. The molecule has 198 valence electrons. The molecule has 1 amide bonds. The minimum Gasteiger partial charge on any atom is -0.384 e. The first kappa shape index (κ1) is 26.8. The van der Waals surface area contributed by atoms with Crippen LogP contribution in [0.1, 0.15) is 50.6 Å². The van der Waals surface area contributed by atoms with Gasteiger partial charge in [-0.15, -0.1) is 0 Å². The van der Waals surface area contributed by atoms with Gasteiger partial charge in [0.05, 0.1) is 17.6 Å². The van der Waals surface area contributed by atoms with Gasteiger partial charge in [0.2, 0.25) is 5.91 Å². The van der Waals surface area contributed by atoms with E-state index < -0.39 is 0 Å². The lowest BCUT2D eigenvalue weighted by Crippen LogP contribution is -2.51. The van der Waals surface area contributed by atoms with Gasteiger partial charge >= 0.3 is 0 Å². The van der Waals surface area contributed by atoms with E-state index in [0.29, 0.717) is 12.6 Å². The standard InChI is InChI=1S/C29H41N7O/c1-29(2,3)35(5)23-14-16-36(17-15-23)19-27(37)32-22-11-12-25-24(18-22)33-26(34(25)4)13-8-20-6-9-21(10-7-20)28(30)31/h6-7,9-12,18,23H,8,13-17,19H2,1-5H3,(H3,30,31)(H,32,37). The monoisotopic (exact) mass is 503 g/mol. The smallest absolute Gasteiger partial charge is 0.238 e. The van der Waals surface area contributed by atoms with E-state index >= 15 is 0 Å². The Balaban J connectivity index is 1.32.